The SMILES string of the molecule is CNC(=O)[C@@H]1C[C@@H](N(C(=O)C(C)(C)C)c2ccc(OC)cc2)C[N+]1(C)C(=O)[C@]1(c2ccc(Cl)cc2)CCN(C(C)(C)C)C1. The molecular weight excluding hydrogens is 564 g/mol. The summed E-state index contributed by atoms with van der Waals surface area (Å²) in [5, 5.41) is 3.43. The van der Waals surface area contributed by atoms with Crippen molar-refractivity contribution in [1.82, 2.24) is 10.2 Å². The topological polar surface area (TPSA) is 79.0 Å². The molecule has 2 aliphatic heterocycles. The second-order valence-corrected chi connectivity index (χ2v) is 14.8. The molecule has 2 fully saturated rings. The number of likely N-dealkylation sites (N-methyl/N-ethyl adjacent to an activating group) is 2. The van der Waals surface area contributed by atoms with Crippen molar-refractivity contribution in [3.8, 4) is 5.75 Å². The van der Waals surface area contributed by atoms with Crippen LogP contribution in [0.2, 0.25) is 5.02 Å². The molecule has 0 bridgehead atoms. The van der Waals surface area contributed by atoms with Crippen LogP contribution in [-0.2, 0) is 19.8 Å². The molecule has 8 nitrogen and oxygen atoms in total. The molecule has 43 heavy (non-hydrogen) atoms. The van der Waals surface area contributed by atoms with Gasteiger partial charge in [-0.05, 0) is 69.2 Å². The number of hydrogen-bond acceptors (Lipinski definition) is 5. The van der Waals surface area contributed by atoms with Gasteiger partial charge < -0.3 is 15.0 Å². The van der Waals surface area contributed by atoms with Gasteiger partial charge in [-0.2, -0.15) is 0 Å². The Morgan fingerprint density at radius 3 is 2.12 bits per heavy atom. The molecule has 0 saturated carbocycles. The molecule has 1 N–H and O–H groups in total. The number of carbonyl (C=O) groups is 3. The lowest BCUT2D eigenvalue weighted by Gasteiger charge is -2.41. The summed E-state index contributed by atoms with van der Waals surface area (Å²) in [5.41, 5.74) is -0.0289. The van der Waals surface area contributed by atoms with Gasteiger partial charge in [-0.15, -0.1) is 0 Å². The number of ether oxygens (including phenoxy) is 1. The number of amides is 3. The Bertz CT molecular complexity index is 1350. The molecule has 2 aliphatic rings. The fourth-order valence-corrected chi connectivity index (χ4v) is 6.97. The summed E-state index contributed by atoms with van der Waals surface area (Å²) >= 11 is 6.28. The Morgan fingerprint density at radius 1 is 1.02 bits per heavy atom. The number of rotatable bonds is 6. The molecule has 2 aromatic rings. The van der Waals surface area contributed by atoms with E-state index in [0.29, 0.717) is 36.7 Å². The number of quaternary nitrogens is 1. The molecule has 234 valence electrons. The van der Waals surface area contributed by atoms with E-state index in [1.165, 1.54) is 0 Å². The van der Waals surface area contributed by atoms with Crippen LogP contribution in [0.4, 0.5) is 5.69 Å². The first kappa shape index (κ1) is 33.0. The third-order valence-corrected chi connectivity index (χ3v) is 9.64. The number of benzene rings is 2. The number of halogens is 1. The normalized spacial score (nSPS) is 26.3. The van der Waals surface area contributed by atoms with E-state index in [1.54, 1.807) is 19.1 Å². The Hall–Kier alpha value is -2.94. The predicted molar refractivity (Wildman–Crippen MR) is 171 cm³/mol. The van der Waals surface area contributed by atoms with Crippen molar-refractivity contribution in [3.05, 3.63) is 59.1 Å². The molecule has 3 amide bonds. The van der Waals surface area contributed by atoms with E-state index in [1.807, 2.05) is 76.3 Å². The molecule has 1 unspecified atom stereocenters. The van der Waals surface area contributed by atoms with Crippen LogP contribution in [0.1, 0.15) is 59.9 Å². The lowest BCUT2D eigenvalue weighted by Crippen LogP contribution is -2.64. The van der Waals surface area contributed by atoms with Gasteiger partial charge in [-0.3, -0.25) is 19.0 Å². The molecule has 0 aliphatic carbocycles. The van der Waals surface area contributed by atoms with E-state index < -0.39 is 16.9 Å². The summed E-state index contributed by atoms with van der Waals surface area (Å²) in [6.07, 6.45) is 0.988. The van der Waals surface area contributed by atoms with Crippen LogP contribution >= 0.6 is 11.6 Å². The first-order valence-electron chi connectivity index (χ1n) is 15.1. The molecule has 2 aromatic carbocycles. The van der Waals surface area contributed by atoms with E-state index >= 15 is 4.79 Å². The summed E-state index contributed by atoms with van der Waals surface area (Å²) in [4.78, 5) is 47.0. The minimum absolute atomic E-state index is 0.00411. The average Bonchev–Trinajstić information content (AvgIpc) is 3.56. The molecule has 4 rings (SSSR count). The summed E-state index contributed by atoms with van der Waals surface area (Å²) in [6, 6.07) is 13.9. The predicted octanol–water partition coefficient (Wildman–Crippen LogP) is 5.03. The molecule has 9 heteroatoms. The van der Waals surface area contributed by atoms with Crippen molar-refractivity contribution < 1.29 is 23.6 Å². The van der Waals surface area contributed by atoms with Crippen molar-refractivity contribution >= 4 is 35.0 Å². The fraction of sp³-hybridized carbons (Fsp3) is 0.559. The van der Waals surface area contributed by atoms with Crippen molar-refractivity contribution in [2.75, 3.05) is 45.7 Å². The van der Waals surface area contributed by atoms with Gasteiger partial charge in [-0.25, -0.2) is 4.79 Å². The Labute approximate surface area is 261 Å². The first-order chi connectivity index (χ1) is 20.0. The van der Waals surface area contributed by atoms with Gasteiger partial charge in [0.15, 0.2) is 6.04 Å². The van der Waals surface area contributed by atoms with Crippen molar-refractivity contribution in [2.45, 2.75) is 77.4 Å². The lowest BCUT2D eigenvalue weighted by atomic mass is 9.77. The standard InChI is InChI=1S/C34H47ClN4O4/c1-32(2,3)30(41)38(25-14-16-27(43-9)17-15-25)26-20-28(29(40)36-7)39(8,21-26)31(42)34(23-10-12-24(35)13-11-23)18-19-37(22-34)33(4,5)6/h10-17,26,28H,18-22H2,1-9H3/p+1/t26-,28+,34-,39?/m1/s1. The number of anilines is 1. The summed E-state index contributed by atoms with van der Waals surface area (Å²) in [6.45, 7) is 13.8. The quantitative estimate of drug-likeness (QED) is 0.464. The van der Waals surface area contributed by atoms with Gasteiger partial charge >= 0.3 is 5.91 Å². The maximum atomic E-state index is 15.2. The number of methoxy groups -OCH3 is 1. The average molecular weight is 612 g/mol. The van der Waals surface area contributed by atoms with Gasteiger partial charge in [0.05, 0.1) is 20.2 Å². The third-order valence-electron chi connectivity index (χ3n) is 9.39. The highest BCUT2D eigenvalue weighted by Gasteiger charge is 2.62. The monoisotopic (exact) mass is 611 g/mol. The van der Waals surface area contributed by atoms with Crippen LogP contribution in [0.5, 0.6) is 5.75 Å². The molecular formula is C34H48ClN4O4+. The zero-order chi connectivity index (χ0) is 32.0. The van der Waals surface area contributed by atoms with E-state index in [-0.39, 0.29) is 33.8 Å². The molecule has 4 atom stereocenters. The molecule has 2 heterocycles. The van der Waals surface area contributed by atoms with Gasteiger partial charge in [0.2, 0.25) is 5.91 Å². The number of nitrogens with zero attached hydrogens (tertiary/aromatic N) is 3. The first-order valence-corrected chi connectivity index (χ1v) is 15.5. The summed E-state index contributed by atoms with van der Waals surface area (Å²) in [7, 11) is 5.10. The number of carbonyl (C=O) groups excluding carboxylic acids is 3. The summed E-state index contributed by atoms with van der Waals surface area (Å²) in [5.74, 6) is 0.419. The zero-order valence-corrected chi connectivity index (χ0v) is 27.9. The minimum Gasteiger partial charge on any atom is -0.497 e. The number of likely N-dealkylation sites (tertiary alicyclic amines) is 2. The van der Waals surface area contributed by atoms with Crippen LogP contribution in [0.3, 0.4) is 0 Å². The molecule has 2 saturated heterocycles. The number of nitrogens with one attached hydrogen (secondary N) is 1. The van der Waals surface area contributed by atoms with Crippen LogP contribution in [-0.4, -0.2) is 85.6 Å². The second kappa shape index (κ2) is 11.9. The largest absolute Gasteiger partial charge is 0.497 e. The minimum atomic E-state index is -0.841. The second-order valence-electron chi connectivity index (χ2n) is 14.3. The Kier molecular flexibility index (Phi) is 9.09. The molecule has 0 radical (unpaired) electrons. The maximum absolute atomic E-state index is 15.2. The van der Waals surface area contributed by atoms with Crippen molar-refractivity contribution in [1.29, 1.82) is 0 Å². The smallest absolute Gasteiger partial charge is 0.326 e. The Morgan fingerprint density at radius 2 is 1.63 bits per heavy atom. The highest BCUT2D eigenvalue weighted by atomic mass is 35.5. The number of hydrogen-bond donors (Lipinski definition) is 1. The third kappa shape index (κ3) is 6.19. The van der Waals surface area contributed by atoms with Gasteiger partial charge in [-0.1, -0.05) is 44.5 Å². The van der Waals surface area contributed by atoms with Crippen molar-refractivity contribution in [3.63, 3.8) is 0 Å². The van der Waals surface area contributed by atoms with Crippen LogP contribution in [0.25, 0.3) is 0 Å². The molecule has 0 spiro atoms. The highest BCUT2D eigenvalue weighted by molar-refractivity contribution is 6.30. The van der Waals surface area contributed by atoms with E-state index in [4.69, 9.17) is 16.3 Å². The van der Waals surface area contributed by atoms with Gasteiger partial charge in [0.25, 0.3) is 5.91 Å². The van der Waals surface area contributed by atoms with E-state index in [0.717, 1.165) is 17.8 Å². The fourth-order valence-electron chi connectivity index (χ4n) is 6.85. The van der Waals surface area contributed by atoms with Gasteiger partial charge in [0.1, 0.15) is 17.7 Å². The van der Waals surface area contributed by atoms with Crippen molar-refractivity contribution in [2.24, 2.45) is 5.41 Å². The van der Waals surface area contributed by atoms with E-state index in [2.05, 4.69) is 31.0 Å². The summed E-state index contributed by atoms with van der Waals surface area (Å²) < 4.78 is 5.26. The van der Waals surface area contributed by atoms with Crippen LogP contribution in [0, 0.1) is 5.41 Å². The Balaban J connectivity index is 1.83. The zero-order valence-electron chi connectivity index (χ0n) is 27.2. The van der Waals surface area contributed by atoms with E-state index in [9.17, 15) is 9.59 Å². The van der Waals surface area contributed by atoms with Gasteiger partial charge in [0, 0.05) is 48.2 Å². The molecule has 0 aromatic heterocycles. The van der Waals surface area contributed by atoms with Crippen LogP contribution < -0.4 is 15.0 Å². The maximum Gasteiger partial charge on any atom is 0.326 e. The highest BCUT2D eigenvalue weighted by Crippen LogP contribution is 2.44. The lowest BCUT2D eigenvalue weighted by molar-refractivity contribution is -0.839. The van der Waals surface area contributed by atoms with Crippen LogP contribution in [0.15, 0.2) is 48.5 Å².